The maximum Gasteiger partial charge on any atom is 0.319 e. The van der Waals surface area contributed by atoms with Gasteiger partial charge in [-0.15, -0.1) is 0 Å². The molecule has 2 amide bonds. The van der Waals surface area contributed by atoms with Crippen LogP contribution >= 0.6 is 0 Å². The van der Waals surface area contributed by atoms with Crippen molar-refractivity contribution in [3.8, 4) is 0 Å². The molecule has 29 heavy (non-hydrogen) atoms. The van der Waals surface area contributed by atoms with Crippen LogP contribution in [0, 0.1) is 5.82 Å². The molecule has 8 heteroatoms. The zero-order valence-electron chi connectivity index (χ0n) is 15.8. The second-order valence-electron chi connectivity index (χ2n) is 6.75. The van der Waals surface area contributed by atoms with Crippen molar-refractivity contribution in [2.45, 2.75) is 32.0 Å². The van der Waals surface area contributed by atoms with Gasteiger partial charge in [-0.05, 0) is 48.9 Å². The molecule has 0 spiro atoms. The van der Waals surface area contributed by atoms with E-state index in [0.717, 1.165) is 5.56 Å². The van der Waals surface area contributed by atoms with Gasteiger partial charge in [0.05, 0.1) is 12.8 Å². The van der Waals surface area contributed by atoms with E-state index in [0.29, 0.717) is 5.76 Å². The summed E-state index contributed by atoms with van der Waals surface area (Å²) in [5, 5.41) is 15.3. The summed E-state index contributed by atoms with van der Waals surface area (Å²) < 4.78 is 19.6. The number of aromatic nitrogens is 1. The number of carbonyl (C=O) groups is 1. The van der Waals surface area contributed by atoms with Crippen molar-refractivity contribution < 1.29 is 18.7 Å². The van der Waals surface area contributed by atoms with Crippen LogP contribution in [0.4, 0.5) is 14.9 Å². The Hall–Kier alpha value is -3.39. The highest BCUT2D eigenvalue weighted by Crippen LogP contribution is 2.18. The molecule has 0 saturated carbocycles. The van der Waals surface area contributed by atoms with E-state index in [1.807, 2.05) is 0 Å². The summed E-state index contributed by atoms with van der Waals surface area (Å²) in [5.41, 5.74) is 0.497. The lowest BCUT2D eigenvalue weighted by molar-refractivity contribution is 0.130. The van der Waals surface area contributed by atoms with Gasteiger partial charge in [-0.2, -0.15) is 0 Å². The average Bonchev–Trinajstić information content (AvgIpc) is 3.21. The molecule has 152 valence electrons. The van der Waals surface area contributed by atoms with E-state index < -0.39 is 12.1 Å². The SMILES string of the molecule is C[C@H](C[C@H](O)c1ccco1)NC(=O)Nc1cccn(Cc2ccc(F)cc2)c1=O. The standard InChI is InChI=1S/C21H22FN3O4/c1-14(12-18(26)19-5-3-11-29-19)23-21(28)24-17-4-2-10-25(20(17)27)13-15-6-8-16(22)9-7-15/h2-11,14,18,26H,12-13H2,1H3,(H2,23,24,28)/t14-,18+/m1/s1. The largest absolute Gasteiger partial charge is 0.467 e. The fraction of sp³-hybridized carbons (Fsp3) is 0.238. The third-order valence-corrected chi connectivity index (χ3v) is 4.36. The number of hydrogen-bond acceptors (Lipinski definition) is 4. The average molecular weight is 399 g/mol. The Morgan fingerprint density at radius 3 is 2.66 bits per heavy atom. The second kappa shape index (κ2) is 9.20. The smallest absolute Gasteiger partial charge is 0.319 e. The molecule has 0 fully saturated rings. The quantitative estimate of drug-likeness (QED) is 0.568. The van der Waals surface area contributed by atoms with Gasteiger partial charge in [-0.1, -0.05) is 12.1 Å². The Kier molecular flexibility index (Phi) is 6.46. The zero-order chi connectivity index (χ0) is 20.8. The van der Waals surface area contributed by atoms with Crippen LogP contribution in [0.1, 0.15) is 30.8 Å². The van der Waals surface area contributed by atoms with Crippen LogP contribution in [0.3, 0.4) is 0 Å². The van der Waals surface area contributed by atoms with Crippen molar-refractivity contribution >= 4 is 11.7 Å². The minimum Gasteiger partial charge on any atom is -0.467 e. The highest BCUT2D eigenvalue weighted by molar-refractivity contribution is 5.89. The maximum atomic E-state index is 13.0. The van der Waals surface area contributed by atoms with Crippen molar-refractivity contribution in [1.82, 2.24) is 9.88 Å². The van der Waals surface area contributed by atoms with Gasteiger partial charge in [-0.25, -0.2) is 9.18 Å². The van der Waals surface area contributed by atoms with Gasteiger partial charge in [0.1, 0.15) is 23.4 Å². The number of aliphatic hydroxyl groups is 1. The van der Waals surface area contributed by atoms with Gasteiger partial charge < -0.3 is 24.7 Å². The van der Waals surface area contributed by atoms with Crippen LogP contribution in [-0.4, -0.2) is 21.7 Å². The van der Waals surface area contributed by atoms with Crippen molar-refractivity contribution in [3.05, 3.63) is 88.5 Å². The third kappa shape index (κ3) is 5.55. The Morgan fingerprint density at radius 1 is 1.21 bits per heavy atom. The Bertz CT molecular complexity index is 1000. The molecule has 0 aliphatic heterocycles. The first-order valence-electron chi connectivity index (χ1n) is 9.15. The first-order chi connectivity index (χ1) is 13.9. The molecule has 3 aromatic rings. The lowest BCUT2D eigenvalue weighted by Crippen LogP contribution is -2.38. The number of carbonyl (C=O) groups excluding carboxylic acids is 1. The number of hydrogen-bond donors (Lipinski definition) is 3. The molecule has 0 aliphatic carbocycles. The Balaban J connectivity index is 1.60. The minimum atomic E-state index is -0.843. The van der Waals surface area contributed by atoms with Crippen molar-refractivity contribution in [2.24, 2.45) is 0 Å². The summed E-state index contributed by atoms with van der Waals surface area (Å²) in [6, 6.07) is 11.4. The highest BCUT2D eigenvalue weighted by Gasteiger charge is 2.17. The van der Waals surface area contributed by atoms with E-state index in [1.165, 1.54) is 29.0 Å². The number of rotatable bonds is 7. The van der Waals surface area contributed by atoms with Gasteiger partial charge in [-0.3, -0.25) is 4.79 Å². The summed E-state index contributed by atoms with van der Waals surface area (Å²) in [6.45, 7) is 1.99. The molecule has 0 radical (unpaired) electrons. The summed E-state index contributed by atoms with van der Waals surface area (Å²) >= 11 is 0. The van der Waals surface area contributed by atoms with E-state index in [1.54, 1.807) is 43.5 Å². The summed E-state index contributed by atoms with van der Waals surface area (Å²) in [5.74, 6) is 0.0743. The first-order valence-corrected chi connectivity index (χ1v) is 9.15. The van der Waals surface area contributed by atoms with Crippen LogP contribution in [0.15, 0.2) is 70.2 Å². The van der Waals surface area contributed by atoms with Gasteiger partial charge in [0.15, 0.2) is 0 Å². The predicted octanol–water partition coefficient (Wildman–Crippen LogP) is 3.26. The number of aliphatic hydroxyl groups excluding tert-OH is 1. The molecule has 0 saturated heterocycles. The molecule has 0 unspecified atom stereocenters. The summed E-state index contributed by atoms with van der Waals surface area (Å²) in [6.07, 6.45) is 2.47. The molecule has 3 N–H and O–H groups in total. The van der Waals surface area contributed by atoms with Gasteiger partial charge in [0.2, 0.25) is 0 Å². The molecule has 2 aromatic heterocycles. The van der Waals surface area contributed by atoms with Crippen molar-refractivity contribution in [2.75, 3.05) is 5.32 Å². The number of amides is 2. The fourth-order valence-corrected chi connectivity index (χ4v) is 2.92. The third-order valence-electron chi connectivity index (χ3n) is 4.36. The number of nitrogens with zero attached hydrogens (tertiary/aromatic N) is 1. The second-order valence-corrected chi connectivity index (χ2v) is 6.75. The highest BCUT2D eigenvalue weighted by atomic mass is 19.1. The van der Waals surface area contributed by atoms with Gasteiger partial charge in [0.25, 0.3) is 5.56 Å². The molecule has 1 aromatic carbocycles. The predicted molar refractivity (Wildman–Crippen MR) is 106 cm³/mol. The number of halogens is 1. The Morgan fingerprint density at radius 2 is 1.97 bits per heavy atom. The molecule has 0 aliphatic rings. The molecule has 0 bridgehead atoms. The monoisotopic (exact) mass is 399 g/mol. The van der Waals surface area contributed by atoms with E-state index in [2.05, 4.69) is 10.6 Å². The van der Waals surface area contributed by atoms with Crippen LogP contribution < -0.4 is 16.2 Å². The number of benzene rings is 1. The van der Waals surface area contributed by atoms with E-state index in [4.69, 9.17) is 4.42 Å². The number of furan rings is 1. The van der Waals surface area contributed by atoms with Crippen LogP contribution in [0.5, 0.6) is 0 Å². The molecular weight excluding hydrogens is 377 g/mol. The number of nitrogens with one attached hydrogen (secondary N) is 2. The van der Waals surface area contributed by atoms with Crippen molar-refractivity contribution in [3.63, 3.8) is 0 Å². The minimum absolute atomic E-state index is 0.117. The lowest BCUT2D eigenvalue weighted by Gasteiger charge is -2.17. The summed E-state index contributed by atoms with van der Waals surface area (Å²) in [7, 11) is 0. The molecular formula is C21H22FN3O4. The summed E-state index contributed by atoms with van der Waals surface area (Å²) in [4.78, 5) is 24.8. The van der Waals surface area contributed by atoms with Crippen LogP contribution in [0.25, 0.3) is 0 Å². The fourth-order valence-electron chi connectivity index (χ4n) is 2.92. The van der Waals surface area contributed by atoms with Crippen LogP contribution in [-0.2, 0) is 6.54 Å². The normalized spacial score (nSPS) is 12.9. The van der Waals surface area contributed by atoms with Gasteiger partial charge in [0, 0.05) is 18.7 Å². The van der Waals surface area contributed by atoms with Crippen molar-refractivity contribution in [1.29, 1.82) is 0 Å². The Labute approximate surface area is 166 Å². The number of pyridine rings is 1. The zero-order valence-corrected chi connectivity index (χ0v) is 15.8. The molecule has 2 heterocycles. The van der Waals surface area contributed by atoms with E-state index in [9.17, 15) is 19.1 Å². The topological polar surface area (TPSA) is 96.5 Å². The number of anilines is 1. The molecule has 2 atom stereocenters. The van der Waals surface area contributed by atoms with E-state index in [-0.39, 0.29) is 36.1 Å². The molecule has 7 nitrogen and oxygen atoms in total. The number of urea groups is 1. The lowest BCUT2D eigenvalue weighted by atomic mass is 10.1. The molecule has 3 rings (SSSR count). The van der Waals surface area contributed by atoms with E-state index >= 15 is 0 Å². The van der Waals surface area contributed by atoms with Crippen LogP contribution in [0.2, 0.25) is 0 Å². The maximum absolute atomic E-state index is 13.0. The van der Waals surface area contributed by atoms with Gasteiger partial charge >= 0.3 is 6.03 Å². The first kappa shape index (κ1) is 20.3.